The number of hydrogen-bond acceptors (Lipinski definition) is 2. The Labute approximate surface area is 98.9 Å². The van der Waals surface area contributed by atoms with Gasteiger partial charge in [0.15, 0.2) is 0 Å². The summed E-state index contributed by atoms with van der Waals surface area (Å²) in [5, 5.41) is 0. The summed E-state index contributed by atoms with van der Waals surface area (Å²) < 4.78 is 25.3. The highest BCUT2D eigenvalue weighted by Crippen LogP contribution is 2.16. The maximum atomic E-state index is 12.6. The van der Waals surface area contributed by atoms with Gasteiger partial charge in [0.25, 0.3) is 6.43 Å². The zero-order valence-corrected chi connectivity index (χ0v) is 9.38. The van der Waals surface area contributed by atoms with Crippen LogP contribution in [0, 0.1) is 0 Å². The number of carbonyl (C=O) groups excluding carboxylic acids is 1. The number of rotatable bonds is 5. The first-order valence-corrected chi connectivity index (χ1v) is 5.04. The summed E-state index contributed by atoms with van der Waals surface area (Å²) in [4.78, 5) is 11.7. The largest absolute Gasteiger partial charge is 0.351 e. The first-order valence-electron chi connectivity index (χ1n) is 5.04. The minimum atomic E-state index is -2.61. The number of carbonyl (C=O) groups is 1. The summed E-state index contributed by atoms with van der Waals surface area (Å²) in [6.45, 7) is 0. The van der Waals surface area contributed by atoms with Crippen LogP contribution in [0.1, 0.15) is 0 Å². The Kier molecular flexibility index (Phi) is 5.07. The minimum absolute atomic E-state index is 0.205. The fraction of sp³-hybridized carbons (Fsp3) is 0.154. The van der Waals surface area contributed by atoms with E-state index in [1.54, 1.807) is 11.9 Å². The molecular formula is C13H13F2NO. The van der Waals surface area contributed by atoms with Crippen LogP contribution in [0.2, 0.25) is 0 Å². The lowest BCUT2D eigenvalue weighted by Crippen LogP contribution is -2.11. The van der Waals surface area contributed by atoms with Crippen molar-refractivity contribution in [2.24, 2.45) is 0 Å². The molecule has 0 amide bonds. The van der Waals surface area contributed by atoms with Gasteiger partial charge in [0, 0.05) is 24.5 Å². The van der Waals surface area contributed by atoms with Crippen molar-refractivity contribution in [3.63, 3.8) is 0 Å². The van der Waals surface area contributed by atoms with E-state index < -0.39 is 6.43 Å². The van der Waals surface area contributed by atoms with E-state index in [0.717, 1.165) is 17.8 Å². The molecule has 4 heteroatoms. The third kappa shape index (κ3) is 4.18. The Morgan fingerprint density at radius 3 is 2.47 bits per heavy atom. The number of benzene rings is 1. The summed E-state index contributed by atoms with van der Waals surface area (Å²) in [6.07, 6.45) is 1.32. The molecule has 0 N–H and O–H groups in total. The average Bonchev–Trinajstić information content (AvgIpc) is 2.35. The number of halogens is 2. The van der Waals surface area contributed by atoms with Gasteiger partial charge in [0.05, 0.1) is 0 Å². The second-order valence-electron chi connectivity index (χ2n) is 3.37. The molecule has 0 aliphatic heterocycles. The molecule has 90 valence electrons. The highest BCUT2D eigenvalue weighted by Gasteiger charge is 2.09. The average molecular weight is 237 g/mol. The normalized spacial score (nSPS) is 12.1. The molecular weight excluding hydrogens is 224 g/mol. The fourth-order valence-corrected chi connectivity index (χ4v) is 1.28. The van der Waals surface area contributed by atoms with E-state index in [1.807, 2.05) is 30.3 Å². The van der Waals surface area contributed by atoms with Gasteiger partial charge < -0.3 is 4.90 Å². The van der Waals surface area contributed by atoms with Crippen molar-refractivity contribution in [3.8, 4) is 0 Å². The predicted octanol–water partition coefficient (Wildman–Crippen LogP) is 3.03. The lowest BCUT2D eigenvalue weighted by Gasteiger charge is -2.15. The predicted molar refractivity (Wildman–Crippen MR) is 64.1 cm³/mol. The highest BCUT2D eigenvalue weighted by atomic mass is 19.3. The summed E-state index contributed by atoms with van der Waals surface area (Å²) in [6, 6.07) is 9.11. The highest BCUT2D eigenvalue weighted by molar-refractivity contribution is 5.66. The lowest BCUT2D eigenvalue weighted by molar-refractivity contribution is -0.104. The third-order valence-electron chi connectivity index (χ3n) is 2.13. The third-order valence-corrected chi connectivity index (χ3v) is 2.13. The Morgan fingerprint density at radius 2 is 1.94 bits per heavy atom. The molecule has 0 saturated carbocycles. The molecule has 0 fully saturated rings. The molecule has 0 aliphatic carbocycles. The van der Waals surface area contributed by atoms with E-state index in [1.165, 1.54) is 6.20 Å². The van der Waals surface area contributed by atoms with E-state index in [2.05, 4.69) is 0 Å². The Morgan fingerprint density at radius 1 is 1.29 bits per heavy atom. The molecule has 0 bridgehead atoms. The molecule has 0 aromatic heterocycles. The number of hydrogen-bond donors (Lipinski definition) is 0. The van der Waals surface area contributed by atoms with Gasteiger partial charge in [-0.1, -0.05) is 18.2 Å². The second kappa shape index (κ2) is 6.58. The summed E-state index contributed by atoms with van der Waals surface area (Å²) >= 11 is 0. The van der Waals surface area contributed by atoms with Crippen LogP contribution in [0.5, 0.6) is 0 Å². The minimum Gasteiger partial charge on any atom is -0.351 e. The maximum absolute atomic E-state index is 12.6. The quantitative estimate of drug-likeness (QED) is 0.445. The standard InChI is InChI=1S/C13H13F2NO/c1-16(12-7-3-2-4-8-12)10-11(13(14)15)6-5-9-17/h2-10,13H,1H3/b6-5-,11-10+. The van der Waals surface area contributed by atoms with Crippen molar-refractivity contribution >= 4 is 12.0 Å². The molecule has 0 spiro atoms. The topological polar surface area (TPSA) is 20.3 Å². The molecule has 1 aromatic rings. The Balaban J connectivity index is 2.90. The number of nitrogens with zero attached hydrogens (tertiary/aromatic N) is 1. The SMILES string of the molecule is CN(/C=C(\C=C/C=O)C(F)F)c1ccccc1. The monoisotopic (exact) mass is 237 g/mol. The number of alkyl halides is 2. The van der Waals surface area contributed by atoms with E-state index in [4.69, 9.17) is 0 Å². The van der Waals surface area contributed by atoms with Gasteiger partial charge in [-0.2, -0.15) is 0 Å². The molecule has 1 aromatic carbocycles. The molecule has 0 saturated heterocycles. The van der Waals surface area contributed by atoms with E-state index in [9.17, 15) is 13.6 Å². The smallest absolute Gasteiger partial charge is 0.265 e. The molecule has 0 aliphatic rings. The van der Waals surface area contributed by atoms with E-state index in [0.29, 0.717) is 6.29 Å². The second-order valence-corrected chi connectivity index (χ2v) is 3.37. The van der Waals surface area contributed by atoms with E-state index in [-0.39, 0.29) is 5.57 Å². The number of anilines is 1. The van der Waals surface area contributed by atoms with Crippen LogP contribution in [-0.2, 0) is 4.79 Å². The van der Waals surface area contributed by atoms with Crippen LogP contribution in [0.25, 0.3) is 0 Å². The Bertz CT molecular complexity index is 413. The van der Waals surface area contributed by atoms with Crippen molar-refractivity contribution in [2.45, 2.75) is 6.43 Å². The van der Waals surface area contributed by atoms with Crippen LogP contribution in [0.15, 0.2) is 54.3 Å². The van der Waals surface area contributed by atoms with Crippen LogP contribution in [0.3, 0.4) is 0 Å². The first-order chi connectivity index (χ1) is 8.15. The van der Waals surface area contributed by atoms with Crippen LogP contribution < -0.4 is 4.90 Å². The Hall–Kier alpha value is -1.97. The van der Waals surface area contributed by atoms with E-state index >= 15 is 0 Å². The van der Waals surface area contributed by atoms with Crippen molar-refractivity contribution in [3.05, 3.63) is 54.3 Å². The van der Waals surface area contributed by atoms with Crippen LogP contribution in [-0.4, -0.2) is 19.8 Å². The molecule has 0 radical (unpaired) electrons. The number of aldehydes is 1. The van der Waals surface area contributed by atoms with Gasteiger partial charge in [-0.3, -0.25) is 4.79 Å². The molecule has 0 unspecified atom stereocenters. The van der Waals surface area contributed by atoms with Gasteiger partial charge in [-0.05, 0) is 24.3 Å². The van der Waals surface area contributed by atoms with Crippen LogP contribution >= 0.6 is 0 Å². The van der Waals surface area contributed by atoms with Crippen molar-refractivity contribution in [1.82, 2.24) is 0 Å². The van der Waals surface area contributed by atoms with Crippen molar-refractivity contribution in [1.29, 1.82) is 0 Å². The molecule has 0 heterocycles. The molecule has 1 rings (SSSR count). The fourth-order valence-electron chi connectivity index (χ4n) is 1.28. The van der Waals surface area contributed by atoms with Gasteiger partial charge in [-0.15, -0.1) is 0 Å². The van der Waals surface area contributed by atoms with Crippen molar-refractivity contribution < 1.29 is 13.6 Å². The zero-order chi connectivity index (χ0) is 12.7. The lowest BCUT2D eigenvalue weighted by atomic mass is 10.2. The summed E-state index contributed by atoms with van der Waals surface area (Å²) in [5.74, 6) is 0. The van der Waals surface area contributed by atoms with Gasteiger partial charge in [0.2, 0.25) is 0 Å². The summed E-state index contributed by atoms with van der Waals surface area (Å²) in [5.41, 5.74) is 0.591. The van der Waals surface area contributed by atoms with Gasteiger partial charge in [-0.25, -0.2) is 8.78 Å². The zero-order valence-electron chi connectivity index (χ0n) is 9.38. The van der Waals surface area contributed by atoms with Gasteiger partial charge >= 0.3 is 0 Å². The van der Waals surface area contributed by atoms with Crippen LogP contribution in [0.4, 0.5) is 14.5 Å². The van der Waals surface area contributed by atoms with Crippen molar-refractivity contribution in [2.75, 3.05) is 11.9 Å². The molecule has 0 atom stereocenters. The number of para-hydroxylation sites is 1. The van der Waals surface area contributed by atoms with Gasteiger partial charge in [0.1, 0.15) is 6.29 Å². The molecule has 2 nitrogen and oxygen atoms in total. The molecule has 17 heavy (non-hydrogen) atoms. The first kappa shape index (κ1) is 13.1. The number of allylic oxidation sites excluding steroid dienone is 3. The maximum Gasteiger partial charge on any atom is 0.265 e. The summed E-state index contributed by atoms with van der Waals surface area (Å²) in [7, 11) is 1.67.